The van der Waals surface area contributed by atoms with Crippen molar-refractivity contribution < 1.29 is 22.8 Å². The van der Waals surface area contributed by atoms with Crippen LogP contribution in [0.1, 0.15) is 36.8 Å². The zero-order valence-electron chi connectivity index (χ0n) is 12.9. The van der Waals surface area contributed by atoms with Gasteiger partial charge in [0.1, 0.15) is 6.04 Å². The molecular formula is C16H18F3N3O2. The van der Waals surface area contributed by atoms with Crippen LogP contribution in [0.4, 0.5) is 23.7 Å². The van der Waals surface area contributed by atoms with Gasteiger partial charge in [0.2, 0.25) is 5.91 Å². The van der Waals surface area contributed by atoms with Crippen LogP contribution in [0, 0.1) is 0 Å². The monoisotopic (exact) mass is 341 g/mol. The lowest BCUT2D eigenvalue weighted by molar-refractivity contribution is -0.137. The normalized spacial score (nSPS) is 21.7. The Morgan fingerprint density at radius 2 is 1.92 bits per heavy atom. The number of nitrogens with one attached hydrogen (secondary N) is 1. The molecule has 0 unspecified atom stereocenters. The quantitative estimate of drug-likeness (QED) is 0.867. The lowest BCUT2D eigenvalue weighted by Crippen LogP contribution is -2.56. The fraction of sp³-hybridized carbons (Fsp3) is 0.500. The molecule has 5 nitrogen and oxygen atoms in total. The second-order valence-corrected chi connectivity index (χ2v) is 6.25. The van der Waals surface area contributed by atoms with Gasteiger partial charge >= 0.3 is 12.2 Å². The van der Waals surface area contributed by atoms with Crippen molar-refractivity contribution in [2.45, 2.75) is 50.4 Å². The van der Waals surface area contributed by atoms with Gasteiger partial charge in [-0.05, 0) is 30.5 Å². The SMILES string of the molecule is NC(=O)N[C@@H]1Cc2ccc(C(F)(F)F)cc2N(C2CCCC2)C1=O. The molecule has 130 valence electrons. The molecule has 0 bridgehead atoms. The molecule has 0 radical (unpaired) electrons. The van der Waals surface area contributed by atoms with E-state index in [0.29, 0.717) is 11.3 Å². The van der Waals surface area contributed by atoms with Crippen molar-refractivity contribution in [1.29, 1.82) is 0 Å². The van der Waals surface area contributed by atoms with Crippen LogP contribution >= 0.6 is 0 Å². The lowest BCUT2D eigenvalue weighted by atomic mass is 9.93. The number of urea groups is 1. The molecule has 1 atom stereocenters. The Morgan fingerprint density at radius 3 is 2.50 bits per heavy atom. The molecule has 0 spiro atoms. The van der Waals surface area contributed by atoms with E-state index in [9.17, 15) is 22.8 Å². The summed E-state index contributed by atoms with van der Waals surface area (Å²) in [5.74, 6) is -0.396. The number of benzene rings is 1. The van der Waals surface area contributed by atoms with Gasteiger partial charge in [-0.2, -0.15) is 13.2 Å². The Morgan fingerprint density at radius 1 is 1.25 bits per heavy atom. The minimum Gasteiger partial charge on any atom is -0.352 e. The van der Waals surface area contributed by atoms with Gasteiger partial charge in [0.15, 0.2) is 0 Å². The second kappa shape index (κ2) is 5.99. The number of nitrogens with zero attached hydrogens (tertiary/aromatic N) is 1. The second-order valence-electron chi connectivity index (χ2n) is 6.25. The zero-order chi connectivity index (χ0) is 17.5. The van der Waals surface area contributed by atoms with Crippen molar-refractivity contribution in [3.8, 4) is 0 Å². The summed E-state index contributed by atoms with van der Waals surface area (Å²) in [5, 5.41) is 2.40. The highest BCUT2D eigenvalue weighted by Crippen LogP contribution is 2.39. The molecule has 1 aromatic carbocycles. The van der Waals surface area contributed by atoms with Crippen molar-refractivity contribution in [2.75, 3.05) is 4.90 Å². The Kier molecular flexibility index (Phi) is 4.15. The van der Waals surface area contributed by atoms with E-state index in [1.165, 1.54) is 11.0 Å². The maximum Gasteiger partial charge on any atom is 0.416 e. The first-order valence-corrected chi connectivity index (χ1v) is 7.86. The van der Waals surface area contributed by atoms with Gasteiger partial charge in [-0.25, -0.2) is 4.79 Å². The fourth-order valence-corrected chi connectivity index (χ4v) is 3.55. The van der Waals surface area contributed by atoms with Crippen LogP contribution in [0.2, 0.25) is 0 Å². The molecule has 0 aromatic heterocycles. The van der Waals surface area contributed by atoms with Gasteiger partial charge < -0.3 is 16.0 Å². The van der Waals surface area contributed by atoms with Crippen LogP contribution in [0.25, 0.3) is 0 Å². The first-order chi connectivity index (χ1) is 11.3. The average molecular weight is 341 g/mol. The third-order valence-electron chi connectivity index (χ3n) is 4.64. The molecule has 1 aromatic rings. The average Bonchev–Trinajstić information content (AvgIpc) is 3.00. The summed E-state index contributed by atoms with van der Waals surface area (Å²) in [5.41, 5.74) is 5.24. The van der Waals surface area contributed by atoms with Crippen molar-refractivity contribution in [1.82, 2.24) is 5.32 Å². The van der Waals surface area contributed by atoms with E-state index in [1.54, 1.807) is 0 Å². The molecule has 24 heavy (non-hydrogen) atoms. The number of hydrogen-bond donors (Lipinski definition) is 2. The van der Waals surface area contributed by atoms with Crippen LogP contribution in [-0.2, 0) is 17.4 Å². The number of nitrogens with two attached hydrogens (primary N) is 1. The zero-order valence-corrected chi connectivity index (χ0v) is 12.9. The standard InChI is InChI=1S/C16H18F3N3O2/c17-16(18,19)10-6-5-9-7-12(21-15(20)24)14(23)22(13(9)8-10)11-3-1-2-4-11/h5-6,8,11-12H,1-4,7H2,(H3,20,21,24)/t12-/m1/s1. The molecule has 1 aliphatic heterocycles. The molecule has 0 saturated heterocycles. The lowest BCUT2D eigenvalue weighted by Gasteiger charge is -2.38. The maximum atomic E-state index is 13.0. The predicted octanol–water partition coefficient (Wildman–Crippen LogP) is 2.57. The first-order valence-electron chi connectivity index (χ1n) is 7.86. The molecule has 3 N–H and O–H groups in total. The Hall–Kier alpha value is -2.25. The van der Waals surface area contributed by atoms with Gasteiger partial charge in [-0.1, -0.05) is 18.9 Å². The van der Waals surface area contributed by atoms with E-state index in [4.69, 9.17) is 5.73 Å². The van der Waals surface area contributed by atoms with E-state index in [-0.39, 0.29) is 12.5 Å². The molecule has 1 fully saturated rings. The number of carbonyl (C=O) groups excluding carboxylic acids is 2. The highest BCUT2D eigenvalue weighted by Gasteiger charge is 2.40. The number of alkyl halides is 3. The van der Waals surface area contributed by atoms with Gasteiger partial charge in [0.05, 0.1) is 5.56 Å². The minimum atomic E-state index is -4.47. The van der Waals surface area contributed by atoms with E-state index in [0.717, 1.165) is 37.8 Å². The minimum absolute atomic E-state index is 0.137. The number of carbonyl (C=O) groups is 2. The Bertz CT molecular complexity index is 669. The summed E-state index contributed by atoms with van der Waals surface area (Å²) in [6.07, 6.45) is -0.997. The van der Waals surface area contributed by atoms with E-state index < -0.39 is 29.7 Å². The smallest absolute Gasteiger partial charge is 0.352 e. The van der Waals surface area contributed by atoms with Crippen molar-refractivity contribution >= 4 is 17.6 Å². The largest absolute Gasteiger partial charge is 0.416 e. The van der Waals surface area contributed by atoms with Crippen LogP contribution in [0.3, 0.4) is 0 Å². The molecule has 1 heterocycles. The highest BCUT2D eigenvalue weighted by molar-refractivity contribution is 6.02. The molecular weight excluding hydrogens is 323 g/mol. The number of rotatable bonds is 2. The summed E-state index contributed by atoms with van der Waals surface area (Å²) in [4.78, 5) is 25.3. The Labute approximate surface area is 137 Å². The Balaban J connectivity index is 2.04. The highest BCUT2D eigenvalue weighted by atomic mass is 19.4. The van der Waals surface area contributed by atoms with Crippen LogP contribution in [0.15, 0.2) is 18.2 Å². The van der Waals surface area contributed by atoms with Crippen LogP contribution in [-0.4, -0.2) is 24.0 Å². The van der Waals surface area contributed by atoms with Crippen molar-refractivity contribution in [3.05, 3.63) is 29.3 Å². The van der Waals surface area contributed by atoms with Gasteiger partial charge in [0, 0.05) is 18.2 Å². The third kappa shape index (κ3) is 3.05. The molecule has 1 saturated carbocycles. The molecule has 3 rings (SSSR count). The van der Waals surface area contributed by atoms with Gasteiger partial charge in [0.25, 0.3) is 0 Å². The molecule has 2 aliphatic rings. The van der Waals surface area contributed by atoms with Crippen molar-refractivity contribution in [2.24, 2.45) is 5.73 Å². The predicted molar refractivity (Wildman–Crippen MR) is 81.4 cm³/mol. The maximum absolute atomic E-state index is 13.0. The summed E-state index contributed by atoms with van der Waals surface area (Å²) in [6.45, 7) is 0. The molecule has 3 amide bonds. The number of amides is 3. The van der Waals surface area contributed by atoms with Crippen molar-refractivity contribution in [3.63, 3.8) is 0 Å². The third-order valence-corrected chi connectivity index (χ3v) is 4.64. The number of primary amides is 1. The topological polar surface area (TPSA) is 75.4 Å². The van der Waals surface area contributed by atoms with Crippen LogP contribution in [0.5, 0.6) is 0 Å². The summed E-state index contributed by atoms with van der Waals surface area (Å²) >= 11 is 0. The van der Waals surface area contributed by atoms with Gasteiger partial charge in [-0.15, -0.1) is 0 Å². The summed E-state index contributed by atoms with van der Waals surface area (Å²) in [6, 6.07) is 1.61. The summed E-state index contributed by atoms with van der Waals surface area (Å²) in [7, 11) is 0. The fourth-order valence-electron chi connectivity index (χ4n) is 3.55. The number of anilines is 1. The van der Waals surface area contributed by atoms with E-state index >= 15 is 0 Å². The van der Waals surface area contributed by atoms with Gasteiger partial charge in [-0.3, -0.25) is 4.79 Å². The van der Waals surface area contributed by atoms with Crippen LogP contribution < -0.4 is 16.0 Å². The summed E-state index contributed by atoms with van der Waals surface area (Å²) < 4.78 is 39.1. The number of halogens is 3. The van der Waals surface area contributed by atoms with E-state index in [1.807, 2.05) is 0 Å². The molecule has 1 aliphatic carbocycles. The number of hydrogen-bond acceptors (Lipinski definition) is 2. The molecule has 8 heteroatoms. The first kappa shape index (κ1) is 16.6. The van der Waals surface area contributed by atoms with E-state index in [2.05, 4.69) is 5.32 Å². The number of fused-ring (bicyclic) bond motifs is 1.